The van der Waals surface area contributed by atoms with Crippen LogP contribution < -0.4 is 0 Å². The van der Waals surface area contributed by atoms with E-state index in [1.54, 1.807) is 19.1 Å². The van der Waals surface area contributed by atoms with E-state index in [-0.39, 0.29) is 11.5 Å². The molecular formula is C25H21N3O4S. The second-order valence-electron chi connectivity index (χ2n) is 7.48. The maximum atomic E-state index is 13.0. The van der Waals surface area contributed by atoms with Gasteiger partial charge in [-0.05, 0) is 49.4 Å². The van der Waals surface area contributed by atoms with E-state index in [1.807, 2.05) is 53.2 Å². The molecule has 0 bridgehead atoms. The van der Waals surface area contributed by atoms with Gasteiger partial charge >= 0.3 is 5.97 Å². The van der Waals surface area contributed by atoms with Crippen molar-refractivity contribution in [2.45, 2.75) is 26.4 Å². The van der Waals surface area contributed by atoms with Gasteiger partial charge < -0.3 is 9.30 Å². The van der Waals surface area contributed by atoms with Crippen molar-refractivity contribution in [1.82, 2.24) is 9.47 Å². The van der Waals surface area contributed by atoms with Gasteiger partial charge in [0.1, 0.15) is 6.04 Å². The lowest BCUT2D eigenvalue weighted by molar-refractivity contribution is -0.150. The molecule has 0 N–H and O–H groups in total. The van der Waals surface area contributed by atoms with Gasteiger partial charge in [-0.1, -0.05) is 36.4 Å². The van der Waals surface area contributed by atoms with E-state index in [0.717, 1.165) is 38.7 Å². The largest absolute Gasteiger partial charge is 0.464 e. The van der Waals surface area contributed by atoms with Gasteiger partial charge in [-0.3, -0.25) is 14.5 Å². The number of nitrogens with zero attached hydrogens (tertiary/aromatic N) is 3. The van der Waals surface area contributed by atoms with E-state index in [0.29, 0.717) is 12.1 Å². The van der Waals surface area contributed by atoms with Crippen molar-refractivity contribution in [3.8, 4) is 6.07 Å². The number of hydrogen-bond donors (Lipinski definition) is 0. The molecule has 1 atom stereocenters. The molecule has 1 aromatic heterocycles. The topological polar surface area (TPSA) is 92.4 Å². The average molecular weight is 460 g/mol. The monoisotopic (exact) mass is 459 g/mol. The summed E-state index contributed by atoms with van der Waals surface area (Å²) in [5.74, 6) is -1.13. The van der Waals surface area contributed by atoms with Crippen LogP contribution in [0.4, 0.5) is 4.79 Å². The summed E-state index contributed by atoms with van der Waals surface area (Å²) in [6.07, 6.45) is 3.58. The first kappa shape index (κ1) is 22.4. The van der Waals surface area contributed by atoms with Crippen LogP contribution in [-0.2, 0) is 20.9 Å². The van der Waals surface area contributed by atoms with Crippen molar-refractivity contribution in [1.29, 1.82) is 5.26 Å². The predicted octanol–water partition coefficient (Wildman–Crippen LogP) is 4.55. The van der Waals surface area contributed by atoms with Crippen LogP contribution in [0.1, 0.15) is 30.5 Å². The Hall–Kier alpha value is -3.83. The molecule has 2 aromatic carbocycles. The van der Waals surface area contributed by atoms with Crippen molar-refractivity contribution in [2.75, 3.05) is 6.61 Å². The molecule has 0 unspecified atom stereocenters. The Balaban J connectivity index is 1.70. The van der Waals surface area contributed by atoms with E-state index < -0.39 is 23.2 Å². The molecule has 7 nitrogen and oxygen atoms in total. The summed E-state index contributed by atoms with van der Waals surface area (Å²) < 4.78 is 6.98. The van der Waals surface area contributed by atoms with Crippen molar-refractivity contribution >= 4 is 45.9 Å². The zero-order chi connectivity index (χ0) is 23.5. The number of para-hydroxylation sites is 1. The third-order valence-corrected chi connectivity index (χ3v) is 6.31. The van der Waals surface area contributed by atoms with Gasteiger partial charge in [-0.2, -0.15) is 5.26 Å². The molecule has 1 fully saturated rings. The maximum absolute atomic E-state index is 13.0. The van der Waals surface area contributed by atoms with E-state index >= 15 is 0 Å². The number of thioether (sulfide) groups is 1. The zero-order valence-corrected chi connectivity index (χ0v) is 19.0. The zero-order valence-electron chi connectivity index (χ0n) is 18.1. The number of esters is 1. The lowest BCUT2D eigenvalue weighted by Crippen LogP contribution is -2.42. The van der Waals surface area contributed by atoms with E-state index in [2.05, 4.69) is 6.07 Å². The van der Waals surface area contributed by atoms with Crippen LogP contribution in [-0.4, -0.2) is 39.2 Å². The van der Waals surface area contributed by atoms with Crippen molar-refractivity contribution in [2.24, 2.45) is 0 Å². The first-order chi connectivity index (χ1) is 15.9. The highest BCUT2D eigenvalue weighted by Crippen LogP contribution is 2.35. The summed E-state index contributed by atoms with van der Waals surface area (Å²) in [7, 11) is 0. The number of fused-ring (bicyclic) bond motifs is 1. The predicted molar refractivity (Wildman–Crippen MR) is 126 cm³/mol. The molecule has 166 valence electrons. The van der Waals surface area contributed by atoms with Crippen molar-refractivity contribution < 1.29 is 19.1 Å². The number of rotatable bonds is 6. The second-order valence-corrected chi connectivity index (χ2v) is 8.47. The second kappa shape index (κ2) is 9.35. The molecule has 0 spiro atoms. The lowest BCUT2D eigenvalue weighted by atomic mass is 10.1. The number of nitriles is 1. The molecule has 3 aromatic rings. The average Bonchev–Trinajstić information content (AvgIpc) is 3.30. The van der Waals surface area contributed by atoms with Crippen molar-refractivity contribution in [3.05, 3.63) is 76.3 Å². The van der Waals surface area contributed by atoms with Crippen molar-refractivity contribution in [3.63, 3.8) is 0 Å². The molecule has 1 saturated heterocycles. The van der Waals surface area contributed by atoms with Crippen LogP contribution in [0, 0.1) is 11.3 Å². The fourth-order valence-corrected chi connectivity index (χ4v) is 4.69. The molecule has 0 radical (unpaired) electrons. The lowest BCUT2D eigenvalue weighted by Gasteiger charge is -2.19. The van der Waals surface area contributed by atoms with Crippen LogP contribution >= 0.6 is 11.8 Å². The summed E-state index contributed by atoms with van der Waals surface area (Å²) in [6.45, 7) is 3.81. The molecule has 8 heteroatoms. The minimum atomic E-state index is -0.993. The molecule has 33 heavy (non-hydrogen) atoms. The van der Waals surface area contributed by atoms with Gasteiger partial charge in [0.2, 0.25) is 0 Å². The van der Waals surface area contributed by atoms with Crippen LogP contribution in [0.25, 0.3) is 17.0 Å². The summed E-state index contributed by atoms with van der Waals surface area (Å²) in [5.41, 5.74) is 3.20. The van der Waals surface area contributed by atoms with Gasteiger partial charge in [0.25, 0.3) is 11.1 Å². The number of aromatic nitrogens is 1. The van der Waals surface area contributed by atoms with Crippen LogP contribution in [0.5, 0.6) is 0 Å². The van der Waals surface area contributed by atoms with E-state index in [9.17, 15) is 19.6 Å². The Morgan fingerprint density at radius 2 is 1.91 bits per heavy atom. The number of benzene rings is 2. The quantitative estimate of drug-likeness (QED) is 0.397. The highest BCUT2D eigenvalue weighted by atomic mass is 32.2. The summed E-state index contributed by atoms with van der Waals surface area (Å²) >= 11 is 0.807. The van der Waals surface area contributed by atoms with Crippen LogP contribution in [0.3, 0.4) is 0 Å². The van der Waals surface area contributed by atoms with Crippen LogP contribution in [0.2, 0.25) is 0 Å². The summed E-state index contributed by atoms with van der Waals surface area (Å²) in [6, 6.07) is 16.4. The highest BCUT2D eigenvalue weighted by molar-refractivity contribution is 8.18. The Bertz CT molecular complexity index is 1330. The van der Waals surface area contributed by atoms with Gasteiger partial charge in [0.15, 0.2) is 0 Å². The number of amides is 2. The summed E-state index contributed by atoms with van der Waals surface area (Å²) in [4.78, 5) is 38.7. The molecule has 4 rings (SSSR count). The van der Waals surface area contributed by atoms with Gasteiger partial charge in [-0.25, -0.2) is 4.79 Å². The van der Waals surface area contributed by atoms with Gasteiger partial charge in [0, 0.05) is 29.2 Å². The fourth-order valence-electron chi connectivity index (χ4n) is 3.80. The standard InChI is InChI=1S/C25H21N3O4S/c1-3-32-24(30)16(2)28-23(29)22(33-25(28)31)12-19-15-27(21-11-7-6-10-20(19)21)14-18-9-5-4-8-17(18)13-26/h4-12,15-16H,3,14H2,1-2H3/b22-12-/t16-/m0/s1. The third-order valence-electron chi connectivity index (χ3n) is 5.42. The number of hydrogen-bond acceptors (Lipinski definition) is 6. The molecule has 1 aliphatic heterocycles. The molecular weight excluding hydrogens is 438 g/mol. The number of carbonyl (C=O) groups excluding carboxylic acids is 3. The first-order valence-corrected chi connectivity index (χ1v) is 11.3. The van der Waals surface area contributed by atoms with Crippen LogP contribution in [0.15, 0.2) is 59.6 Å². The first-order valence-electron chi connectivity index (χ1n) is 10.4. The normalized spacial score (nSPS) is 15.8. The molecule has 0 saturated carbocycles. The molecule has 2 amide bonds. The number of ether oxygens (including phenoxy) is 1. The SMILES string of the molecule is CCOC(=O)[C@H](C)N1C(=O)S/C(=C\c2cn(Cc3ccccc3C#N)c3ccccc23)C1=O. The smallest absolute Gasteiger partial charge is 0.329 e. The third kappa shape index (κ3) is 4.28. The fraction of sp³-hybridized carbons (Fsp3) is 0.200. The molecule has 0 aliphatic carbocycles. The Morgan fingerprint density at radius 3 is 2.67 bits per heavy atom. The maximum Gasteiger partial charge on any atom is 0.329 e. The van der Waals surface area contributed by atoms with E-state index in [1.165, 1.54) is 6.92 Å². The minimum absolute atomic E-state index is 0.170. The molecule has 2 heterocycles. The highest BCUT2D eigenvalue weighted by Gasteiger charge is 2.41. The summed E-state index contributed by atoms with van der Waals surface area (Å²) in [5, 5.41) is 9.84. The van der Waals surface area contributed by atoms with Gasteiger partial charge in [-0.15, -0.1) is 0 Å². The number of carbonyl (C=O) groups is 3. The Labute approximate surface area is 195 Å². The minimum Gasteiger partial charge on any atom is -0.464 e. The Morgan fingerprint density at radius 1 is 1.18 bits per heavy atom. The van der Waals surface area contributed by atoms with Gasteiger partial charge in [0.05, 0.1) is 23.1 Å². The molecule has 1 aliphatic rings. The van der Waals surface area contributed by atoms with E-state index in [4.69, 9.17) is 4.74 Å². The Kier molecular flexibility index (Phi) is 6.33. The number of imide groups is 1.